The van der Waals surface area contributed by atoms with Crippen LogP contribution in [0.3, 0.4) is 0 Å². The fraction of sp³-hybridized carbons (Fsp3) is 0.625. The number of aromatic hydroxyl groups is 1. The maximum atomic E-state index is 9.82. The first-order valence-electron chi connectivity index (χ1n) is 7.51. The normalized spacial score (nSPS) is 17.8. The molecule has 2 rings (SSSR count). The van der Waals surface area contributed by atoms with E-state index in [1.54, 1.807) is 6.07 Å². The van der Waals surface area contributed by atoms with Crippen LogP contribution in [0.5, 0.6) is 5.75 Å². The minimum Gasteiger partial charge on any atom is -0.508 e. The van der Waals surface area contributed by atoms with Gasteiger partial charge in [-0.15, -0.1) is 0 Å². The summed E-state index contributed by atoms with van der Waals surface area (Å²) in [6, 6.07) is 8.22. The highest BCUT2D eigenvalue weighted by molar-refractivity contribution is 5.31. The SMILES string of the molecule is CN(CCCO)C1CCN(Cc2ccccc2O)CC1. The van der Waals surface area contributed by atoms with Crippen molar-refractivity contribution in [2.45, 2.75) is 31.8 Å². The number of hydrogen-bond donors (Lipinski definition) is 2. The van der Waals surface area contributed by atoms with E-state index in [2.05, 4.69) is 16.8 Å². The Bertz CT molecular complexity index is 403. The van der Waals surface area contributed by atoms with Crippen LogP contribution in [0.1, 0.15) is 24.8 Å². The number of aliphatic hydroxyl groups excluding tert-OH is 1. The van der Waals surface area contributed by atoms with Crippen molar-refractivity contribution in [3.63, 3.8) is 0 Å². The molecular formula is C16H26N2O2. The minimum atomic E-state index is 0.274. The number of rotatable bonds is 6. The monoisotopic (exact) mass is 278 g/mol. The molecule has 4 heteroatoms. The molecule has 1 saturated heterocycles. The molecule has 0 atom stereocenters. The molecule has 0 amide bonds. The lowest BCUT2D eigenvalue weighted by molar-refractivity contribution is 0.117. The van der Waals surface area contributed by atoms with Crippen molar-refractivity contribution in [1.29, 1.82) is 0 Å². The van der Waals surface area contributed by atoms with Gasteiger partial charge in [-0.05, 0) is 45.5 Å². The Labute approximate surface area is 121 Å². The van der Waals surface area contributed by atoms with Gasteiger partial charge in [-0.3, -0.25) is 4.90 Å². The number of nitrogens with zero attached hydrogens (tertiary/aromatic N) is 2. The van der Waals surface area contributed by atoms with Crippen molar-refractivity contribution in [1.82, 2.24) is 9.80 Å². The molecule has 0 saturated carbocycles. The molecule has 1 aliphatic heterocycles. The Kier molecular flexibility index (Phi) is 5.83. The van der Waals surface area contributed by atoms with Crippen LogP contribution in [0.25, 0.3) is 0 Å². The number of para-hydroxylation sites is 1. The number of phenols is 1. The molecule has 20 heavy (non-hydrogen) atoms. The standard InChI is InChI=1S/C16H26N2O2/c1-17(9-4-12-19)15-7-10-18(11-8-15)13-14-5-2-3-6-16(14)20/h2-3,5-6,15,19-20H,4,7-13H2,1H3. The van der Waals surface area contributed by atoms with E-state index in [4.69, 9.17) is 5.11 Å². The van der Waals surface area contributed by atoms with Gasteiger partial charge in [0.05, 0.1) is 0 Å². The van der Waals surface area contributed by atoms with Crippen molar-refractivity contribution < 1.29 is 10.2 Å². The van der Waals surface area contributed by atoms with Gasteiger partial charge in [0, 0.05) is 31.3 Å². The predicted molar refractivity (Wildman–Crippen MR) is 80.7 cm³/mol. The largest absolute Gasteiger partial charge is 0.508 e. The summed E-state index contributed by atoms with van der Waals surface area (Å²) in [6.45, 7) is 4.22. The van der Waals surface area contributed by atoms with Crippen molar-refractivity contribution in [3.8, 4) is 5.75 Å². The second-order valence-corrected chi connectivity index (χ2v) is 5.69. The molecule has 0 spiro atoms. The quantitative estimate of drug-likeness (QED) is 0.831. The van der Waals surface area contributed by atoms with Crippen LogP contribution in [-0.4, -0.2) is 59.3 Å². The third-order valence-electron chi connectivity index (χ3n) is 4.23. The van der Waals surface area contributed by atoms with Gasteiger partial charge in [-0.1, -0.05) is 18.2 Å². The predicted octanol–water partition coefficient (Wildman–Crippen LogP) is 1.67. The summed E-state index contributed by atoms with van der Waals surface area (Å²) < 4.78 is 0. The van der Waals surface area contributed by atoms with Crippen LogP contribution in [0.2, 0.25) is 0 Å². The molecule has 2 N–H and O–H groups in total. The van der Waals surface area contributed by atoms with E-state index < -0.39 is 0 Å². The molecule has 4 nitrogen and oxygen atoms in total. The maximum Gasteiger partial charge on any atom is 0.120 e. The van der Waals surface area contributed by atoms with Gasteiger partial charge in [0.2, 0.25) is 0 Å². The molecule has 1 aromatic rings. The third kappa shape index (κ3) is 4.20. The van der Waals surface area contributed by atoms with Crippen LogP contribution >= 0.6 is 0 Å². The zero-order valence-corrected chi connectivity index (χ0v) is 12.3. The minimum absolute atomic E-state index is 0.274. The highest BCUT2D eigenvalue weighted by Gasteiger charge is 2.22. The average molecular weight is 278 g/mol. The van der Waals surface area contributed by atoms with Crippen LogP contribution in [0.4, 0.5) is 0 Å². The number of benzene rings is 1. The Hall–Kier alpha value is -1.10. The summed E-state index contributed by atoms with van der Waals surface area (Å²) in [5, 5.41) is 18.7. The zero-order valence-electron chi connectivity index (χ0n) is 12.3. The van der Waals surface area contributed by atoms with Crippen LogP contribution in [-0.2, 0) is 6.54 Å². The summed E-state index contributed by atoms with van der Waals surface area (Å²) in [6.07, 6.45) is 3.18. The summed E-state index contributed by atoms with van der Waals surface area (Å²) >= 11 is 0. The Morgan fingerprint density at radius 2 is 1.95 bits per heavy atom. The second kappa shape index (κ2) is 7.62. The first-order valence-corrected chi connectivity index (χ1v) is 7.51. The molecule has 0 aromatic heterocycles. The summed E-state index contributed by atoms with van der Waals surface area (Å²) in [7, 11) is 2.15. The molecule has 0 bridgehead atoms. The van der Waals surface area contributed by atoms with E-state index in [0.717, 1.165) is 51.0 Å². The van der Waals surface area contributed by atoms with Gasteiger partial charge >= 0.3 is 0 Å². The first-order chi connectivity index (χ1) is 9.70. The Morgan fingerprint density at radius 3 is 2.60 bits per heavy atom. The molecule has 0 radical (unpaired) electrons. The molecule has 1 fully saturated rings. The fourth-order valence-corrected chi connectivity index (χ4v) is 2.91. The topological polar surface area (TPSA) is 46.9 Å². The first kappa shape index (κ1) is 15.3. The van der Waals surface area contributed by atoms with Crippen molar-refractivity contribution in [2.24, 2.45) is 0 Å². The molecular weight excluding hydrogens is 252 g/mol. The molecule has 0 unspecified atom stereocenters. The molecule has 1 aliphatic rings. The number of likely N-dealkylation sites (tertiary alicyclic amines) is 1. The lowest BCUT2D eigenvalue weighted by Gasteiger charge is -2.36. The number of piperidine rings is 1. The van der Waals surface area contributed by atoms with Crippen LogP contribution in [0, 0.1) is 0 Å². The lowest BCUT2D eigenvalue weighted by atomic mass is 10.0. The van der Waals surface area contributed by atoms with Crippen molar-refractivity contribution >= 4 is 0 Å². The fourth-order valence-electron chi connectivity index (χ4n) is 2.91. The molecule has 0 aliphatic carbocycles. The summed E-state index contributed by atoms with van der Waals surface area (Å²) in [4.78, 5) is 4.78. The van der Waals surface area contributed by atoms with Crippen LogP contribution in [0.15, 0.2) is 24.3 Å². The van der Waals surface area contributed by atoms with E-state index in [1.807, 2.05) is 18.2 Å². The van der Waals surface area contributed by atoms with Gasteiger partial charge in [0.25, 0.3) is 0 Å². The summed E-state index contributed by atoms with van der Waals surface area (Å²) in [5.74, 6) is 0.398. The number of aliphatic hydroxyl groups is 1. The van der Waals surface area contributed by atoms with E-state index in [1.165, 1.54) is 0 Å². The lowest BCUT2D eigenvalue weighted by Crippen LogP contribution is -2.43. The van der Waals surface area contributed by atoms with E-state index in [-0.39, 0.29) is 6.61 Å². The van der Waals surface area contributed by atoms with Crippen molar-refractivity contribution in [2.75, 3.05) is 33.3 Å². The average Bonchev–Trinajstić information content (AvgIpc) is 2.48. The highest BCUT2D eigenvalue weighted by Crippen LogP contribution is 2.21. The van der Waals surface area contributed by atoms with Gasteiger partial charge in [0.1, 0.15) is 5.75 Å². The zero-order chi connectivity index (χ0) is 14.4. The van der Waals surface area contributed by atoms with Gasteiger partial charge < -0.3 is 15.1 Å². The van der Waals surface area contributed by atoms with E-state index in [9.17, 15) is 5.11 Å². The van der Waals surface area contributed by atoms with E-state index in [0.29, 0.717) is 11.8 Å². The van der Waals surface area contributed by atoms with Gasteiger partial charge in [-0.25, -0.2) is 0 Å². The van der Waals surface area contributed by atoms with Crippen LogP contribution < -0.4 is 0 Å². The maximum absolute atomic E-state index is 9.82. The Balaban J connectivity index is 1.78. The number of phenolic OH excluding ortho intramolecular Hbond substituents is 1. The third-order valence-corrected chi connectivity index (χ3v) is 4.23. The van der Waals surface area contributed by atoms with E-state index >= 15 is 0 Å². The summed E-state index contributed by atoms with van der Waals surface area (Å²) in [5.41, 5.74) is 1.01. The van der Waals surface area contributed by atoms with Gasteiger partial charge in [0.15, 0.2) is 0 Å². The van der Waals surface area contributed by atoms with Gasteiger partial charge in [-0.2, -0.15) is 0 Å². The second-order valence-electron chi connectivity index (χ2n) is 5.69. The van der Waals surface area contributed by atoms with Crippen molar-refractivity contribution in [3.05, 3.63) is 29.8 Å². The molecule has 1 aromatic carbocycles. The smallest absolute Gasteiger partial charge is 0.120 e. The molecule has 1 heterocycles. The highest BCUT2D eigenvalue weighted by atomic mass is 16.3. The Morgan fingerprint density at radius 1 is 1.25 bits per heavy atom. The number of hydrogen-bond acceptors (Lipinski definition) is 4. The molecule has 112 valence electrons.